The summed E-state index contributed by atoms with van der Waals surface area (Å²) in [6.07, 6.45) is -4.32. The summed E-state index contributed by atoms with van der Waals surface area (Å²) in [5, 5.41) is 52.6. The Kier molecular flexibility index (Phi) is 10.3. The molecule has 21 heavy (non-hydrogen) atoms. The van der Waals surface area contributed by atoms with Gasteiger partial charge in [-0.25, -0.2) is 0 Å². The fraction of sp³-hybridized carbons (Fsp3) is 0.455. The Bertz CT molecular complexity index is 355. The quantitative estimate of drug-likeness (QED) is 0.294. The van der Waals surface area contributed by atoms with Crippen molar-refractivity contribution in [1.82, 2.24) is 4.98 Å². The fourth-order valence-electron chi connectivity index (χ4n) is 1.10. The molecule has 1 rings (SSSR count). The van der Waals surface area contributed by atoms with E-state index in [0.29, 0.717) is 0 Å². The average molecular weight is 302 g/mol. The molecule has 0 bridgehead atoms. The van der Waals surface area contributed by atoms with Crippen LogP contribution in [0, 0.1) is 0 Å². The molecule has 1 aromatic rings. The maximum absolute atomic E-state index is 10.7. The highest BCUT2D eigenvalue weighted by Gasteiger charge is 2.34. The number of carbonyl (C=O) groups excluding carboxylic acids is 1. The van der Waals surface area contributed by atoms with Crippen molar-refractivity contribution in [3.05, 3.63) is 30.6 Å². The Morgan fingerprint density at radius 3 is 2.00 bits per heavy atom. The molecule has 0 amide bonds. The highest BCUT2D eigenvalue weighted by molar-refractivity contribution is 6.20. The second-order valence-corrected chi connectivity index (χ2v) is 3.74. The Morgan fingerprint density at radius 1 is 1.10 bits per heavy atom. The van der Waals surface area contributed by atoms with Gasteiger partial charge in [-0.15, -0.1) is 0 Å². The average Bonchev–Trinajstić information content (AvgIpc) is 2.54. The van der Waals surface area contributed by atoms with Crippen molar-refractivity contribution >= 4 is 13.7 Å². The van der Waals surface area contributed by atoms with E-state index in [2.05, 4.69) is 9.64 Å². The van der Waals surface area contributed by atoms with E-state index in [1.165, 1.54) is 0 Å². The largest absolute Gasteiger partial charge is 0.571 e. The summed E-state index contributed by atoms with van der Waals surface area (Å²) >= 11 is 0. The predicted molar refractivity (Wildman–Crippen MR) is 69.4 cm³/mol. The summed E-state index contributed by atoms with van der Waals surface area (Å²) in [5.74, 6) is -1.41. The lowest BCUT2D eigenvalue weighted by molar-refractivity contribution is -0.162. The second kappa shape index (κ2) is 11.1. The Balaban J connectivity index is 0.000000547. The number of hydrogen-bond donors (Lipinski definition) is 6. The van der Waals surface area contributed by atoms with Gasteiger partial charge in [0.15, 0.2) is 6.10 Å². The van der Waals surface area contributed by atoms with Crippen LogP contribution in [0.5, 0.6) is 0 Å². The van der Waals surface area contributed by atoms with E-state index in [1.54, 1.807) is 12.4 Å². The van der Waals surface area contributed by atoms with Gasteiger partial charge in [-0.1, -0.05) is 6.07 Å². The molecule has 6 N–H and O–H groups in total. The molecular formula is C11H17BNO8. The smallest absolute Gasteiger partial charge is 0.509 e. The van der Waals surface area contributed by atoms with Crippen molar-refractivity contribution in [3.63, 3.8) is 0 Å². The maximum atomic E-state index is 10.7. The highest BCUT2D eigenvalue weighted by atomic mass is 16.6. The van der Waals surface area contributed by atoms with Gasteiger partial charge in [0.2, 0.25) is 0 Å². The van der Waals surface area contributed by atoms with E-state index in [-0.39, 0.29) is 7.69 Å². The van der Waals surface area contributed by atoms with Crippen molar-refractivity contribution in [3.8, 4) is 0 Å². The first-order valence-electron chi connectivity index (χ1n) is 5.80. The molecule has 0 aliphatic heterocycles. The highest BCUT2D eigenvalue weighted by Crippen LogP contribution is 2.06. The van der Waals surface area contributed by atoms with Gasteiger partial charge in [-0.2, -0.15) is 0 Å². The standard InChI is InChI=1S/C6H12BO8.C5H5N/c8-1-2(9)3(10)4(11)5(12)6(13)15-7-14;1-2-4-6-5-3-1/h2-5,8-12,14H,1H2;1-5H/t2-,3-,4+,5-;/m1./s1. The predicted octanol–water partition coefficient (Wildman–Crippen LogP) is -3.43. The van der Waals surface area contributed by atoms with Crippen molar-refractivity contribution in [1.29, 1.82) is 0 Å². The van der Waals surface area contributed by atoms with Crippen molar-refractivity contribution in [2.45, 2.75) is 24.4 Å². The maximum Gasteiger partial charge on any atom is 0.571 e. The van der Waals surface area contributed by atoms with Gasteiger partial charge in [-0.05, 0) is 12.1 Å². The van der Waals surface area contributed by atoms with Gasteiger partial charge in [0.25, 0.3) is 0 Å². The lowest BCUT2D eigenvalue weighted by atomic mass is 10.0. The van der Waals surface area contributed by atoms with Gasteiger partial charge in [-0.3, -0.25) is 9.78 Å². The SMILES string of the molecule is O=C(O[B]O)[C@H](O)[C@@H](O)[C@H](O)[C@H](O)CO.c1ccncc1. The number of aliphatic hydroxyl groups excluding tert-OH is 5. The molecule has 1 heterocycles. The minimum absolute atomic E-state index is 0.00682. The van der Waals surface area contributed by atoms with Crippen LogP contribution in [-0.4, -0.2) is 80.2 Å². The monoisotopic (exact) mass is 302 g/mol. The third kappa shape index (κ3) is 7.70. The molecule has 117 valence electrons. The molecule has 9 nitrogen and oxygen atoms in total. The summed E-state index contributed by atoms with van der Waals surface area (Å²) in [4.78, 5) is 14.5. The van der Waals surface area contributed by atoms with Crippen LogP contribution < -0.4 is 0 Å². The van der Waals surface area contributed by atoms with Crippen LogP contribution in [0.15, 0.2) is 30.6 Å². The third-order valence-corrected chi connectivity index (χ3v) is 2.23. The molecule has 0 fully saturated rings. The first-order valence-corrected chi connectivity index (χ1v) is 5.80. The molecule has 1 aromatic heterocycles. The normalized spacial score (nSPS) is 15.7. The van der Waals surface area contributed by atoms with E-state index in [4.69, 9.17) is 30.6 Å². The molecule has 0 aliphatic carbocycles. The summed E-state index contributed by atoms with van der Waals surface area (Å²) in [6.45, 7) is -0.855. The fourth-order valence-corrected chi connectivity index (χ4v) is 1.10. The number of rotatable bonds is 6. The van der Waals surface area contributed by atoms with E-state index in [1.807, 2.05) is 18.2 Å². The molecule has 0 saturated heterocycles. The molecular weight excluding hydrogens is 285 g/mol. The minimum atomic E-state index is -2.15. The summed E-state index contributed by atoms with van der Waals surface area (Å²) in [5.41, 5.74) is 0. The lowest BCUT2D eigenvalue weighted by Gasteiger charge is -2.24. The molecule has 1 radical (unpaired) electrons. The zero-order valence-corrected chi connectivity index (χ0v) is 10.9. The molecule has 0 aliphatic rings. The number of nitrogens with zero attached hydrogens (tertiary/aromatic N) is 1. The lowest BCUT2D eigenvalue weighted by Crippen LogP contribution is -2.49. The first-order chi connectivity index (χ1) is 9.95. The summed E-state index contributed by atoms with van der Waals surface area (Å²) in [6, 6.07) is 5.72. The Hall–Kier alpha value is -1.56. The molecule has 10 heteroatoms. The zero-order valence-electron chi connectivity index (χ0n) is 10.9. The molecule has 0 unspecified atom stereocenters. The van der Waals surface area contributed by atoms with Gasteiger partial charge >= 0.3 is 13.7 Å². The second-order valence-electron chi connectivity index (χ2n) is 3.74. The topological polar surface area (TPSA) is 161 Å². The number of carbonyl (C=O) groups is 1. The van der Waals surface area contributed by atoms with E-state index < -0.39 is 37.0 Å². The van der Waals surface area contributed by atoms with Crippen LogP contribution in [0.25, 0.3) is 0 Å². The van der Waals surface area contributed by atoms with Crippen LogP contribution >= 0.6 is 0 Å². The summed E-state index contributed by atoms with van der Waals surface area (Å²) < 4.78 is 3.81. The van der Waals surface area contributed by atoms with Crippen molar-refractivity contribution in [2.24, 2.45) is 0 Å². The third-order valence-electron chi connectivity index (χ3n) is 2.23. The van der Waals surface area contributed by atoms with Gasteiger partial charge in [0.1, 0.15) is 18.3 Å². The van der Waals surface area contributed by atoms with Gasteiger partial charge in [0.05, 0.1) is 6.61 Å². The molecule has 0 aromatic carbocycles. The van der Waals surface area contributed by atoms with Gasteiger partial charge in [0, 0.05) is 12.4 Å². The molecule has 4 atom stereocenters. The van der Waals surface area contributed by atoms with E-state index >= 15 is 0 Å². The van der Waals surface area contributed by atoms with Crippen molar-refractivity contribution in [2.75, 3.05) is 6.61 Å². The first kappa shape index (κ1) is 19.4. The molecule has 0 spiro atoms. The van der Waals surface area contributed by atoms with E-state index in [0.717, 1.165) is 0 Å². The van der Waals surface area contributed by atoms with Crippen LogP contribution in [0.4, 0.5) is 0 Å². The van der Waals surface area contributed by atoms with Crippen LogP contribution in [0.3, 0.4) is 0 Å². The Labute approximate surface area is 121 Å². The number of pyridine rings is 1. The molecule has 0 saturated carbocycles. The number of aliphatic hydroxyl groups is 5. The van der Waals surface area contributed by atoms with E-state index in [9.17, 15) is 4.79 Å². The zero-order chi connectivity index (χ0) is 16.3. The Morgan fingerprint density at radius 2 is 1.67 bits per heavy atom. The van der Waals surface area contributed by atoms with Gasteiger partial charge < -0.3 is 35.2 Å². The summed E-state index contributed by atoms with van der Waals surface area (Å²) in [7, 11) is -0.00682. The van der Waals surface area contributed by atoms with Crippen molar-refractivity contribution < 1.29 is 40.0 Å². The van der Waals surface area contributed by atoms with Crippen LogP contribution in [0.2, 0.25) is 0 Å². The minimum Gasteiger partial charge on any atom is -0.509 e. The number of aromatic nitrogens is 1. The van der Waals surface area contributed by atoms with Crippen LogP contribution in [-0.2, 0) is 9.45 Å². The van der Waals surface area contributed by atoms with Crippen LogP contribution in [0.1, 0.15) is 0 Å². The number of hydrogen-bond acceptors (Lipinski definition) is 9.